The van der Waals surface area contributed by atoms with E-state index in [-0.39, 0.29) is 0 Å². The van der Waals surface area contributed by atoms with Crippen LogP contribution in [0.2, 0.25) is 0 Å². The van der Waals surface area contributed by atoms with Gasteiger partial charge in [-0.3, -0.25) is 0 Å². The van der Waals surface area contributed by atoms with Gasteiger partial charge < -0.3 is 10.1 Å². The van der Waals surface area contributed by atoms with E-state index < -0.39 is 0 Å². The van der Waals surface area contributed by atoms with Gasteiger partial charge in [-0.1, -0.05) is 36.7 Å². The van der Waals surface area contributed by atoms with Gasteiger partial charge >= 0.3 is 0 Å². The Labute approximate surface area is 126 Å². The fraction of sp³-hybridized carbons (Fsp3) is 0.625. The number of hydrogen-bond donors (Lipinski definition) is 1. The van der Waals surface area contributed by atoms with E-state index >= 15 is 0 Å². The first-order valence-corrected chi connectivity index (χ1v) is 7.90. The maximum Gasteiger partial charge on any atom is 0.122 e. The molecular weight excluding hydrogens is 302 g/mol. The zero-order chi connectivity index (χ0) is 14.3. The summed E-state index contributed by atoms with van der Waals surface area (Å²) in [7, 11) is 1.74. The van der Waals surface area contributed by atoms with Gasteiger partial charge in [0.05, 0.1) is 7.11 Å². The Kier molecular flexibility index (Phi) is 7.47. The van der Waals surface area contributed by atoms with Gasteiger partial charge in [0.25, 0.3) is 0 Å². The average Bonchev–Trinajstić information content (AvgIpc) is 2.38. The molecule has 19 heavy (non-hydrogen) atoms. The predicted octanol–water partition coefficient (Wildman–Crippen LogP) is 4.27. The molecule has 0 saturated carbocycles. The third-order valence-electron chi connectivity index (χ3n) is 3.50. The fourth-order valence-electron chi connectivity index (χ4n) is 2.20. The van der Waals surface area contributed by atoms with Crippen LogP contribution in [-0.4, -0.2) is 20.2 Å². The van der Waals surface area contributed by atoms with Crippen LogP contribution in [0.1, 0.15) is 32.8 Å². The van der Waals surface area contributed by atoms with Crippen molar-refractivity contribution in [1.82, 2.24) is 5.32 Å². The molecule has 1 aromatic rings. The molecular formula is C16H26BrNO. The Morgan fingerprint density at radius 2 is 2.05 bits per heavy atom. The molecule has 0 saturated heterocycles. The minimum Gasteiger partial charge on any atom is -0.496 e. The Hall–Kier alpha value is -0.540. The van der Waals surface area contributed by atoms with Gasteiger partial charge in [0.1, 0.15) is 5.75 Å². The second-order valence-electron chi connectivity index (χ2n) is 5.37. The first kappa shape index (κ1) is 16.5. The van der Waals surface area contributed by atoms with E-state index in [4.69, 9.17) is 4.74 Å². The van der Waals surface area contributed by atoms with Crippen molar-refractivity contribution in [2.24, 2.45) is 11.8 Å². The first-order valence-electron chi connectivity index (χ1n) is 7.11. The highest BCUT2D eigenvalue weighted by Crippen LogP contribution is 2.27. The van der Waals surface area contributed by atoms with Crippen molar-refractivity contribution < 1.29 is 4.74 Å². The minimum absolute atomic E-state index is 0.634. The number of rotatable bonds is 8. The molecule has 0 fully saturated rings. The van der Waals surface area contributed by atoms with Crippen LogP contribution in [0, 0.1) is 11.8 Å². The van der Waals surface area contributed by atoms with Crippen LogP contribution in [0.3, 0.4) is 0 Å². The number of hydrogen-bond acceptors (Lipinski definition) is 2. The summed E-state index contributed by atoms with van der Waals surface area (Å²) in [6.07, 6.45) is 2.24. The Morgan fingerprint density at radius 3 is 2.63 bits per heavy atom. The van der Waals surface area contributed by atoms with E-state index in [1.807, 2.05) is 12.1 Å². The molecule has 0 aliphatic carbocycles. The standard InChI is InChI=1S/C16H26BrNO/c1-5-8-18-11-14(12(2)3)9-13-10-15(17)6-7-16(13)19-4/h6-7,10,12,14,18H,5,8-9,11H2,1-4H3. The number of ether oxygens (including phenoxy) is 1. The molecule has 0 aliphatic heterocycles. The third-order valence-corrected chi connectivity index (χ3v) is 3.99. The lowest BCUT2D eigenvalue weighted by Crippen LogP contribution is -2.28. The van der Waals surface area contributed by atoms with Gasteiger partial charge in [0.2, 0.25) is 0 Å². The average molecular weight is 328 g/mol. The zero-order valence-corrected chi connectivity index (χ0v) is 14.1. The topological polar surface area (TPSA) is 21.3 Å². The van der Waals surface area contributed by atoms with Crippen LogP contribution < -0.4 is 10.1 Å². The highest BCUT2D eigenvalue weighted by atomic mass is 79.9. The number of methoxy groups -OCH3 is 1. The van der Waals surface area contributed by atoms with E-state index in [9.17, 15) is 0 Å². The molecule has 0 amide bonds. The Bertz CT molecular complexity index is 379. The molecule has 0 heterocycles. The van der Waals surface area contributed by atoms with Crippen LogP contribution >= 0.6 is 15.9 Å². The second-order valence-corrected chi connectivity index (χ2v) is 6.28. The summed E-state index contributed by atoms with van der Waals surface area (Å²) < 4.78 is 6.58. The Balaban J connectivity index is 2.75. The van der Waals surface area contributed by atoms with Crippen molar-refractivity contribution in [2.45, 2.75) is 33.6 Å². The molecule has 0 radical (unpaired) electrons. The third kappa shape index (κ3) is 5.53. The van der Waals surface area contributed by atoms with Crippen LogP contribution in [0.4, 0.5) is 0 Å². The largest absolute Gasteiger partial charge is 0.496 e. The zero-order valence-electron chi connectivity index (χ0n) is 12.5. The highest BCUT2D eigenvalue weighted by molar-refractivity contribution is 9.10. The Morgan fingerprint density at radius 1 is 1.32 bits per heavy atom. The lowest BCUT2D eigenvalue weighted by molar-refractivity contribution is 0.351. The van der Waals surface area contributed by atoms with E-state index in [1.54, 1.807) is 7.11 Å². The molecule has 0 aliphatic rings. The molecule has 0 aromatic heterocycles. The van der Waals surface area contributed by atoms with Gasteiger partial charge in [0, 0.05) is 4.47 Å². The molecule has 1 N–H and O–H groups in total. The molecule has 2 nitrogen and oxygen atoms in total. The molecule has 1 atom stereocenters. The van der Waals surface area contributed by atoms with Gasteiger partial charge in [-0.15, -0.1) is 0 Å². The maximum absolute atomic E-state index is 5.47. The van der Waals surface area contributed by atoms with Crippen LogP contribution in [0.25, 0.3) is 0 Å². The summed E-state index contributed by atoms with van der Waals surface area (Å²) in [5, 5.41) is 3.54. The van der Waals surface area contributed by atoms with Crippen molar-refractivity contribution in [3.05, 3.63) is 28.2 Å². The second kappa shape index (κ2) is 8.60. The lowest BCUT2D eigenvalue weighted by atomic mass is 9.89. The summed E-state index contributed by atoms with van der Waals surface area (Å²) in [6.45, 7) is 8.96. The lowest BCUT2D eigenvalue weighted by Gasteiger charge is -2.22. The van der Waals surface area contributed by atoms with Gasteiger partial charge in [0.15, 0.2) is 0 Å². The number of nitrogens with one attached hydrogen (secondary N) is 1. The highest BCUT2D eigenvalue weighted by Gasteiger charge is 2.16. The SMILES string of the molecule is CCCNCC(Cc1cc(Br)ccc1OC)C(C)C. The molecule has 1 unspecified atom stereocenters. The molecule has 3 heteroatoms. The monoisotopic (exact) mass is 327 g/mol. The van der Waals surface area contributed by atoms with Gasteiger partial charge in [-0.25, -0.2) is 0 Å². The van der Waals surface area contributed by atoms with Crippen molar-refractivity contribution in [1.29, 1.82) is 0 Å². The first-order chi connectivity index (χ1) is 9.08. The quantitative estimate of drug-likeness (QED) is 0.720. The summed E-state index contributed by atoms with van der Waals surface area (Å²) >= 11 is 3.55. The summed E-state index contributed by atoms with van der Waals surface area (Å²) in [4.78, 5) is 0. The van der Waals surface area contributed by atoms with E-state index in [0.717, 1.165) is 29.7 Å². The van der Waals surface area contributed by atoms with Crippen molar-refractivity contribution in [3.63, 3.8) is 0 Å². The maximum atomic E-state index is 5.47. The van der Waals surface area contributed by atoms with Crippen molar-refractivity contribution >= 4 is 15.9 Å². The van der Waals surface area contributed by atoms with Gasteiger partial charge in [-0.2, -0.15) is 0 Å². The number of halogens is 1. The summed E-state index contributed by atoms with van der Waals surface area (Å²) in [5.41, 5.74) is 1.29. The summed E-state index contributed by atoms with van der Waals surface area (Å²) in [5.74, 6) is 2.28. The fourth-order valence-corrected chi connectivity index (χ4v) is 2.61. The normalized spacial score (nSPS) is 12.7. The molecule has 1 aromatic carbocycles. The molecule has 0 bridgehead atoms. The van der Waals surface area contributed by atoms with E-state index in [1.165, 1.54) is 12.0 Å². The van der Waals surface area contributed by atoms with Crippen LogP contribution in [-0.2, 0) is 6.42 Å². The molecule has 1 rings (SSSR count). The summed E-state index contributed by atoms with van der Waals surface area (Å²) in [6, 6.07) is 6.24. The predicted molar refractivity (Wildman–Crippen MR) is 85.9 cm³/mol. The van der Waals surface area contributed by atoms with Crippen molar-refractivity contribution in [2.75, 3.05) is 20.2 Å². The molecule has 0 spiro atoms. The smallest absolute Gasteiger partial charge is 0.122 e. The van der Waals surface area contributed by atoms with Crippen LogP contribution in [0.15, 0.2) is 22.7 Å². The van der Waals surface area contributed by atoms with Crippen LogP contribution in [0.5, 0.6) is 5.75 Å². The van der Waals surface area contributed by atoms with Crippen molar-refractivity contribution in [3.8, 4) is 5.75 Å². The molecule has 108 valence electrons. The number of benzene rings is 1. The van der Waals surface area contributed by atoms with Gasteiger partial charge in [-0.05, 0) is 61.5 Å². The minimum atomic E-state index is 0.634. The van der Waals surface area contributed by atoms with E-state index in [0.29, 0.717) is 11.8 Å². The van der Waals surface area contributed by atoms with E-state index in [2.05, 4.69) is 48.1 Å².